The molecule has 0 amide bonds. The summed E-state index contributed by atoms with van der Waals surface area (Å²) in [5.74, 6) is -0.302. The third-order valence-corrected chi connectivity index (χ3v) is 3.47. The van der Waals surface area contributed by atoms with E-state index in [-0.39, 0.29) is 17.8 Å². The molecule has 1 aliphatic rings. The third-order valence-electron chi connectivity index (χ3n) is 3.03. The standard InChI is InChI=1S/C12H13Cl2NO2/c1-17-12(16)11-6-15-5-10(11)7-2-8(13)4-9(14)3-7/h2-4,10-11,15H,5-6H2,1H3. The largest absolute Gasteiger partial charge is 0.469 e. The van der Waals surface area contributed by atoms with E-state index >= 15 is 0 Å². The van der Waals surface area contributed by atoms with Crippen molar-refractivity contribution in [2.24, 2.45) is 5.92 Å². The highest BCUT2D eigenvalue weighted by Gasteiger charge is 2.34. The van der Waals surface area contributed by atoms with Gasteiger partial charge >= 0.3 is 5.97 Å². The minimum absolute atomic E-state index is 0.0682. The number of carbonyl (C=O) groups excluding carboxylic acids is 1. The van der Waals surface area contributed by atoms with Crippen LogP contribution in [0.25, 0.3) is 0 Å². The van der Waals surface area contributed by atoms with Crippen LogP contribution in [0.2, 0.25) is 10.0 Å². The van der Waals surface area contributed by atoms with Crippen LogP contribution in [-0.2, 0) is 9.53 Å². The number of ether oxygens (including phenoxy) is 1. The Hall–Kier alpha value is -0.770. The first-order valence-electron chi connectivity index (χ1n) is 5.36. The molecule has 0 saturated carbocycles. The highest BCUT2D eigenvalue weighted by molar-refractivity contribution is 6.34. The second kappa shape index (κ2) is 5.25. The number of hydrogen-bond acceptors (Lipinski definition) is 3. The number of rotatable bonds is 2. The van der Waals surface area contributed by atoms with Gasteiger partial charge in [-0.1, -0.05) is 23.2 Å². The number of carbonyl (C=O) groups is 1. The zero-order valence-corrected chi connectivity index (χ0v) is 10.9. The maximum absolute atomic E-state index is 11.6. The van der Waals surface area contributed by atoms with E-state index in [2.05, 4.69) is 5.32 Å². The molecule has 2 atom stereocenters. The molecule has 1 aromatic carbocycles. The Balaban J connectivity index is 2.28. The van der Waals surface area contributed by atoms with Crippen LogP contribution in [-0.4, -0.2) is 26.2 Å². The Morgan fingerprint density at radius 2 is 1.94 bits per heavy atom. The van der Waals surface area contributed by atoms with E-state index in [9.17, 15) is 4.79 Å². The number of halogens is 2. The molecule has 3 nitrogen and oxygen atoms in total. The van der Waals surface area contributed by atoms with Gasteiger partial charge in [-0.2, -0.15) is 0 Å². The Morgan fingerprint density at radius 1 is 1.29 bits per heavy atom. The fraction of sp³-hybridized carbons (Fsp3) is 0.417. The van der Waals surface area contributed by atoms with Crippen LogP contribution in [0.4, 0.5) is 0 Å². The van der Waals surface area contributed by atoms with E-state index in [1.165, 1.54) is 7.11 Å². The molecular weight excluding hydrogens is 261 g/mol. The number of nitrogens with one attached hydrogen (secondary N) is 1. The fourth-order valence-corrected chi connectivity index (χ4v) is 2.76. The van der Waals surface area contributed by atoms with Gasteiger partial charge in [0, 0.05) is 29.1 Å². The number of esters is 1. The van der Waals surface area contributed by atoms with Crippen molar-refractivity contribution < 1.29 is 9.53 Å². The molecule has 1 heterocycles. The smallest absolute Gasteiger partial charge is 0.310 e. The molecular formula is C12H13Cl2NO2. The molecule has 2 unspecified atom stereocenters. The van der Waals surface area contributed by atoms with E-state index in [1.807, 2.05) is 12.1 Å². The van der Waals surface area contributed by atoms with Crippen molar-refractivity contribution in [2.75, 3.05) is 20.2 Å². The molecule has 1 aromatic rings. The van der Waals surface area contributed by atoms with Crippen molar-refractivity contribution in [3.05, 3.63) is 33.8 Å². The summed E-state index contributed by atoms with van der Waals surface area (Å²) in [5.41, 5.74) is 0.975. The van der Waals surface area contributed by atoms with E-state index in [4.69, 9.17) is 27.9 Å². The predicted octanol–water partition coefficient (Wildman–Crippen LogP) is 2.47. The van der Waals surface area contributed by atoms with Gasteiger partial charge in [-0.3, -0.25) is 4.79 Å². The minimum atomic E-state index is -0.198. The van der Waals surface area contributed by atoms with E-state index in [0.717, 1.165) is 12.1 Å². The summed E-state index contributed by atoms with van der Waals surface area (Å²) in [6.45, 7) is 1.36. The molecule has 17 heavy (non-hydrogen) atoms. The lowest BCUT2D eigenvalue weighted by molar-refractivity contribution is -0.145. The van der Waals surface area contributed by atoms with Gasteiger partial charge in [0.15, 0.2) is 0 Å². The lowest BCUT2D eigenvalue weighted by Gasteiger charge is -2.17. The first kappa shape index (κ1) is 12.7. The average Bonchev–Trinajstić information content (AvgIpc) is 2.75. The van der Waals surface area contributed by atoms with Gasteiger partial charge in [0.2, 0.25) is 0 Å². The highest BCUT2D eigenvalue weighted by atomic mass is 35.5. The van der Waals surface area contributed by atoms with Gasteiger partial charge in [-0.15, -0.1) is 0 Å². The van der Waals surface area contributed by atoms with Crippen molar-refractivity contribution in [3.8, 4) is 0 Å². The molecule has 0 spiro atoms. The lowest BCUT2D eigenvalue weighted by atomic mass is 9.89. The normalized spacial score (nSPS) is 23.7. The van der Waals surface area contributed by atoms with Gasteiger partial charge in [0.1, 0.15) is 0 Å². The summed E-state index contributed by atoms with van der Waals surface area (Å²) in [7, 11) is 1.41. The van der Waals surface area contributed by atoms with Crippen LogP contribution >= 0.6 is 23.2 Å². The second-order valence-electron chi connectivity index (χ2n) is 4.10. The Bertz CT molecular complexity index is 416. The molecule has 0 aliphatic carbocycles. The van der Waals surface area contributed by atoms with E-state index < -0.39 is 0 Å². The van der Waals surface area contributed by atoms with Gasteiger partial charge in [-0.25, -0.2) is 0 Å². The van der Waals surface area contributed by atoms with Gasteiger partial charge in [0.05, 0.1) is 13.0 Å². The zero-order valence-electron chi connectivity index (χ0n) is 9.37. The van der Waals surface area contributed by atoms with Crippen molar-refractivity contribution in [3.63, 3.8) is 0 Å². The molecule has 2 rings (SSSR count). The summed E-state index contributed by atoms with van der Waals surface area (Å²) >= 11 is 11.9. The van der Waals surface area contributed by atoms with Crippen LogP contribution < -0.4 is 5.32 Å². The maximum Gasteiger partial charge on any atom is 0.310 e. The highest BCUT2D eigenvalue weighted by Crippen LogP contribution is 2.32. The quantitative estimate of drug-likeness (QED) is 0.842. The third kappa shape index (κ3) is 2.73. The number of methoxy groups -OCH3 is 1. The fourth-order valence-electron chi connectivity index (χ4n) is 2.22. The summed E-state index contributed by atoms with van der Waals surface area (Å²) in [6, 6.07) is 5.38. The SMILES string of the molecule is COC(=O)C1CNCC1c1cc(Cl)cc(Cl)c1. The van der Waals surface area contributed by atoms with Crippen LogP contribution in [0, 0.1) is 5.92 Å². The molecule has 92 valence electrons. The van der Waals surface area contributed by atoms with Crippen molar-refractivity contribution >= 4 is 29.2 Å². The van der Waals surface area contributed by atoms with Crippen LogP contribution in [0.3, 0.4) is 0 Å². The zero-order chi connectivity index (χ0) is 12.4. The predicted molar refractivity (Wildman–Crippen MR) is 67.6 cm³/mol. The topological polar surface area (TPSA) is 38.3 Å². The summed E-state index contributed by atoms with van der Waals surface area (Å²) < 4.78 is 4.80. The molecule has 1 fully saturated rings. The van der Waals surface area contributed by atoms with Gasteiger partial charge < -0.3 is 10.1 Å². The Labute approximate surface area is 110 Å². The first-order chi connectivity index (χ1) is 8.11. The minimum Gasteiger partial charge on any atom is -0.469 e. The maximum atomic E-state index is 11.6. The number of benzene rings is 1. The summed E-state index contributed by atoms with van der Waals surface area (Å²) in [6.07, 6.45) is 0. The van der Waals surface area contributed by atoms with Crippen molar-refractivity contribution in [1.82, 2.24) is 5.32 Å². The van der Waals surface area contributed by atoms with Crippen LogP contribution in [0.5, 0.6) is 0 Å². The molecule has 0 radical (unpaired) electrons. The molecule has 1 saturated heterocycles. The molecule has 0 bridgehead atoms. The monoisotopic (exact) mass is 273 g/mol. The lowest BCUT2D eigenvalue weighted by Crippen LogP contribution is -2.22. The van der Waals surface area contributed by atoms with Gasteiger partial charge in [0.25, 0.3) is 0 Å². The number of hydrogen-bond donors (Lipinski definition) is 1. The Morgan fingerprint density at radius 3 is 2.53 bits per heavy atom. The first-order valence-corrected chi connectivity index (χ1v) is 6.12. The summed E-state index contributed by atoms with van der Waals surface area (Å²) in [4.78, 5) is 11.6. The second-order valence-corrected chi connectivity index (χ2v) is 4.97. The Kier molecular flexibility index (Phi) is 3.92. The van der Waals surface area contributed by atoms with E-state index in [0.29, 0.717) is 16.6 Å². The van der Waals surface area contributed by atoms with Crippen LogP contribution in [0.1, 0.15) is 11.5 Å². The van der Waals surface area contributed by atoms with Gasteiger partial charge in [-0.05, 0) is 23.8 Å². The van der Waals surface area contributed by atoms with Crippen LogP contribution in [0.15, 0.2) is 18.2 Å². The van der Waals surface area contributed by atoms with E-state index in [1.54, 1.807) is 6.07 Å². The molecule has 1 N–H and O–H groups in total. The van der Waals surface area contributed by atoms with Crippen molar-refractivity contribution in [2.45, 2.75) is 5.92 Å². The molecule has 5 heteroatoms. The molecule has 1 aliphatic heterocycles. The summed E-state index contributed by atoms with van der Waals surface area (Å²) in [5, 5.41) is 4.36. The molecule has 0 aromatic heterocycles. The average molecular weight is 274 g/mol. The van der Waals surface area contributed by atoms with Crippen molar-refractivity contribution in [1.29, 1.82) is 0 Å².